The van der Waals surface area contributed by atoms with Crippen molar-refractivity contribution in [2.45, 2.75) is 0 Å². The average Bonchev–Trinajstić information content (AvgIpc) is 2.45. The van der Waals surface area contributed by atoms with E-state index < -0.39 is 0 Å². The standard InChI is InChI=1S/C18H12/c1-2-17-13-8-9-15-18(17)14-7-6-12-16-10-4-3-5-11-16/h2-5,8-11,13,15H,1H2. The Morgan fingerprint density at radius 1 is 0.778 bits per heavy atom. The second kappa shape index (κ2) is 6.14. The quantitative estimate of drug-likeness (QED) is 0.652. The molecule has 0 aliphatic heterocycles. The molecule has 18 heavy (non-hydrogen) atoms. The van der Waals surface area contributed by atoms with E-state index in [-0.39, 0.29) is 0 Å². The second-order valence-electron chi connectivity index (χ2n) is 3.66. The van der Waals surface area contributed by atoms with Crippen LogP contribution >= 0.6 is 0 Å². The first kappa shape index (κ1) is 11.8. The number of hydrogen-bond acceptors (Lipinski definition) is 0. The molecule has 0 saturated carbocycles. The first-order valence-electron chi connectivity index (χ1n) is 5.68. The van der Waals surface area contributed by atoms with Crippen LogP contribution in [0.3, 0.4) is 0 Å². The summed E-state index contributed by atoms with van der Waals surface area (Å²) >= 11 is 0. The van der Waals surface area contributed by atoms with E-state index in [0.717, 1.165) is 16.7 Å². The monoisotopic (exact) mass is 228 g/mol. The van der Waals surface area contributed by atoms with Crippen molar-refractivity contribution in [1.29, 1.82) is 0 Å². The fraction of sp³-hybridized carbons (Fsp3) is 0. The minimum absolute atomic E-state index is 0.954. The van der Waals surface area contributed by atoms with Gasteiger partial charge in [-0.3, -0.25) is 0 Å². The number of benzene rings is 2. The molecule has 0 spiro atoms. The number of rotatable bonds is 1. The molecule has 2 rings (SSSR count). The van der Waals surface area contributed by atoms with Crippen molar-refractivity contribution in [3.63, 3.8) is 0 Å². The van der Waals surface area contributed by atoms with Gasteiger partial charge in [0.25, 0.3) is 0 Å². The van der Waals surface area contributed by atoms with Crippen molar-refractivity contribution in [3.05, 3.63) is 77.9 Å². The topological polar surface area (TPSA) is 0 Å². The van der Waals surface area contributed by atoms with Crippen LogP contribution in [0.1, 0.15) is 16.7 Å². The van der Waals surface area contributed by atoms with E-state index in [0.29, 0.717) is 0 Å². The highest BCUT2D eigenvalue weighted by Gasteiger charge is 1.91. The van der Waals surface area contributed by atoms with E-state index in [4.69, 9.17) is 0 Å². The van der Waals surface area contributed by atoms with Crippen molar-refractivity contribution in [3.8, 4) is 23.7 Å². The summed E-state index contributed by atoms with van der Waals surface area (Å²) in [4.78, 5) is 0. The van der Waals surface area contributed by atoms with Gasteiger partial charge in [0.15, 0.2) is 0 Å². The molecule has 0 radical (unpaired) electrons. The summed E-state index contributed by atoms with van der Waals surface area (Å²) in [5, 5.41) is 0. The van der Waals surface area contributed by atoms with Gasteiger partial charge in [-0.25, -0.2) is 0 Å². The Balaban J connectivity index is 2.19. The Morgan fingerprint density at radius 2 is 1.44 bits per heavy atom. The maximum Gasteiger partial charge on any atom is 0.0327 e. The molecule has 2 aromatic rings. The molecule has 2 aromatic carbocycles. The zero-order chi connectivity index (χ0) is 12.6. The zero-order valence-corrected chi connectivity index (χ0v) is 9.98. The Bertz CT molecular complexity index is 656. The molecule has 0 aliphatic rings. The minimum atomic E-state index is 0.954. The fourth-order valence-electron chi connectivity index (χ4n) is 1.51. The summed E-state index contributed by atoms with van der Waals surface area (Å²) < 4.78 is 0. The van der Waals surface area contributed by atoms with Crippen LogP contribution < -0.4 is 0 Å². The second-order valence-corrected chi connectivity index (χ2v) is 3.66. The molecule has 0 heteroatoms. The Labute approximate surface area is 108 Å². The van der Waals surface area contributed by atoms with Crippen LogP contribution in [0.25, 0.3) is 6.08 Å². The highest BCUT2D eigenvalue weighted by atomic mass is 13.9. The zero-order valence-electron chi connectivity index (χ0n) is 9.98. The van der Waals surface area contributed by atoms with E-state index in [2.05, 4.69) is 30.3 Å². The maximum absolute atomic E-state index is 3.76. The third-order valence-corrected chi connectivity index (χ3v) is 2.42. The molecule has 0 aliphatic carbocycles. The smallest absolute Gasteiger partial charge is 0.0327 e. The van der Waals surface area contributed by atoms with Crippen LogP contribution in [0.15, 0.2) is 61.2 Å². The maximum atomic E-state index is 3.76. The van der Waals surface area contributed by atoms with Gasteiger partial charge in [0.1, 0.15) is 0 Å². The van der Waals surface area contributed by atoms with Crippen molar-refractivity contribution in [1.82, 2.24) is 0 Å². The van der Waals surface area contributed by atoms with Crippen LogP contribution in [-0.4, -0.2) is 0 Å². The van der Waals surface area contributed by atoms with Gasteiger partial charge in [0, 0.05) is 11.1 Å². The molecule has 0 N–H and O–H groups in total. The van der Waals surface area contributed by atoms with E-state index >= 15 is 0 Å². The Morgan fingerprint density at radius 3 is 2.22 bits per heavy atom. The average molecular weight is 228 g/mol. The first-order valence-corrected chi connectivity index (χ1v) is 5.68. The SMILES string of the molecule is C=Cc1ccccc1C#CC#Cc1ccccc1. The van der Waals surface area contributed by atoms with E-state index in [1.165, 1.54) is 0 Å². The lowest BCUT2D eigenvalue weighted by molar-refractivity contribution is 1.60. The summed E-state index contributed by atoms with van der Waals surface area (Å²) in [6.45, 7) is 3.76. The molecule has 0 amide bonds. The molecule has 0 fully saturated rings. The van der Waals surface area contributed by atoms with Crippen LogP contribution in [0.2, 0.25) is 0 Å². The lowest BCUT2D eigenvalue weighted by Crippen LogP contribution is -1.79. The van der Waals surface area contributed by atoms with Gasteiger partial charge in [-0.1, -0.05) is 60.9 Å². The Hall–Kier alpha value is -2.70. The lowest BCUT2D eigenvalue weighted by Gasteiger charge is -1.94. The third kappa shape index (κ3) is 3.14. The third-order valence-electron chi connectivity index (χ3n) is 2.42. The van der Waals surface area contributed by atoms with Gasteiger partial charge in [0.05, 0.1) is 0 Å². The van der Waals surface area contributed by atoms with Gasteiger partial charge in [-0.05, 0) is 35.6 Å². The molecule has 84 valence electrons. The van der Waals surface area contributed by atoms with Gasteiger partial charge >= 0.3 is 0 Å². The molecular weight excluding hydrogens is 216 g/mol. The lowest BCUT2D eigenvalue weighted by atomic mass is 10.1. The largest absolute Gasteiger partial charge is 0.0984 e. The van der Waals surface area contributed by atoms with E-state index in [1.807, 2.05) is 54.6 Å². The molecule has 0 aromatic heterocycles. The molecule has 0 saturated heterocycles. The molecule has 0 heterocycles. The molecular formula is C18H12. The van der Waals surface area contributed by atoms with Crippen LogP contribution in [0, 0.1) is 23.7 Å². The fourth-order valence-corrected chi connectivity index (χ4v) is 1.51. The van der Waals surface area contributed by atoms with Crippen molar-refractivity contribution < 1.29 is 0 Å². The van der Waals surface area contributed by atoms with Gasteiger partial charge in [-0.15, -0.1) is 0 Å². The molecule has 0 nitrogen and oxygen atoms in total. The van der Waals surface area contributed by atoms with Gasteiger partial charge in [-0.2, -0.15) is 0 Å². The summed E-state index contributed by atoms with van der Waals surface area (Å²) in [5.74, 6) is 11.8. The highest BCUT2D eigenvalue weighted by Crippen LogP contribution is 2.07. The molecule has 0 atom stereocenters. The summed E-state index contributed by atoms with van der Waals surface area (Å²) in [6, 6.07) is 17.7. The minimum Gasteiger partial charge on any atom is -0.0984 e. The van der Waals surface area contributed by atoms with Gasteiger partial charge in [0.2, 0.25) is 0 Å². The summed E-state index contributed by atoms with van der Waals surface area (Å²) in [5.41, 5.74) is 2.96. The van der Waals surface area contributed by atoms with Crippen LogP contribution in [0.4, 0.5) is 0 Å². The predicted molar refractivity (Wildman–Crippen MR) is 76.7 cm³/mol. The Kier molecular flexibility index (Phi) is 4.02. The number of hydrogen-bond donors (Lipinski definition) is 0. The van der Waals surface area contributed by atoms with Gasteiger partial charge < -0.3 is 0 Å². The normalized spacial score (nSPS) is 8.44. The molecule has 0 unspecified atom stereocenters. The molecule has 0 bridgehead atoms. The predicted octanol–water partition coefficient (Wildman–Crippen LogP) is 3.73. The van der Waals surface area contributed by atoms with Crippen molar-refractivity contribution >= 4 is 6.08 Å². The van der Waals surface area contributed by atoms with E-state index in [9.17, 15) is 0 Å². The van der Waals surface area contributed by atoms with Crippen LogP contribution in [-0.2, 0) is 0 Å². The first-order chi connectivity index (χ1) is 8.90. The van der Waals surface area contributed by atoms with Crippen molar-refractivity contribution in [2.24, 2.45) is 0 Å². The highest BCUT2D eigenvalue weighted by molar-refractivity contribution is 5.58. The van der Waals surface area contributed by atoms with E-state index in [1.54, 1.807) is 6.08 Å². The summed E-state index contributed by atoms with van der Waals surface area (Å²) in [7, 11) is 0. The van der Waals surface area contributed by atoms with Crippen molar-refractivity contribution in [2.75, 3.05) is 0 Å². The van der Waals surface area contributed by atoms with Crippen LogP contribution in [0.5, 0.6) is 0 Å². The summed E-state index contributed by atoms with van der Waals surface area (Å²) in [6.07, 6.45) is 1.80.